The second-order valence-electron chi connectivity index (χ2n) is 6.80. The van der Waals surface area contributed by atoms with E-state index >= 15 is 0 Å². The van der Waals surface area contributed by atoms with Gasteiger partial charge in [0.2, 0.25) is 0 Å². The number of amides is 1. The lowest BCUT2D eigenvalue weighted by atomic mass is 9.87. The van der Waals surface area contributed by atoms with Gasteiger partial charge in [-0.25, -0.2) is 0 Å². The maximum absolute atomic E-state index is 12.9. The second-order valence-corrected chi connectivity index (χ2v) is 6.80. The number of anilines is 2. The van der Waals surface area contributed by atoms with E-state index in [0.717, 1.165) is 5.56 Å². The number of carbonyl (C=O) groups excluding carboxylic acids is 2. The molecular formula is C22H15N3O3. The average molecular weight is 369 g/mol. The van der Waals surface area contributed by atoms with Crippen LogP contribution in [0.2, 0.25) is 0 Å². The summed E-state index contributed by atoms with van der Waals surface area (Å²) in [4.78, 5) is 25.8. The van der Waals surface area contributed by atoms with E-state index in [2.05, 4.69) is 10.5 Å². The molecule has 0 unspecified atom stereocenters. The molecule has 1 heterocycles. The zero-order chi connectivity index (χ0) is 19.4. The van der Waals surface area contributed by atoms with E-state index < -0.39 is 0 Å². The van der Waals surface area contributed by atoms with Crippen LogP contribution in [0.25, 0.3) is 22.2 Å². The second kappa shape index (κ2) is 5.79. The number of nitrogens with one attached hydrogen (secondary N) is 1. The summed E-state index contributed by atoms with van der Waals surface area (Å²) in [6.07, 6.45) is 0. The number of carbonyl (C=O) groups is 2. The Hall–Kier alpha value is -3.93. The number of fused-ring (bicyclic) bond motifs is 2. The van der Waals surface area contributed by atoms with Crippen LogP contribution >= 0.6 is 0 Å². The van der Waals surface area contributed by atoms with E-state index in [1.807, 2.05) is 31.2 Å². The SMILES string of the molecule is Cc1ccc(N)cc1NC(=O)c1ccc2c3c(onc13)-c1ccccc1C2=O. The summed E-state index contributed by atoms with van der Waals surface area (Å²) in [6, 6.07) is 15.8. The van der Waals surface area contributed by atoms with Crippen molar-refractivity contribution in [3.8, 4) is 11.3 Å². The Kier molecular flexibility index (Phi) is 3.36. The van der Waals surface area contributed by atoms with Crippen molar-refractivity contribution in [3.63, 3.8) is 0 Å². The number of aryl methyl sites for hydroxylation is 1. The van der Waals surface area contributed by atoms with Crippen molar-refractivity contribution in [1.82, 2.24) is 5.16 Å². The summed E-state index contributed by atoms with van der Waals surface area (Å²) in [5, 5.41) is 7.55. The van der Waals surface area contributed by atoms with E-state index in [4.69, 9.17) is 10.3 Å². The minimum atomic E-state index is -0.341. The van der Waals surface area contributed by atoms with Crippen LogP contribution in [0, 0.1) is 6.92 Å². The number of nitrogens with zero attached hydrogens (tertiary/aromatic N) is 1. The van der Waals surface area contributed by atoms with Crippen LogP contribution < -0.4 is 11.1 Å². The molecule has 0 spiro atoms. The van der Waals surface area contributed by atoms with Crippen LogP contribution in [0.4, 0.5) is 11.4 Å². The predicted octanol–water partition coefficient (Wildman–Crippen LogP) is 4.18. The first kappa shape index (κ1) is 16.3. The third-order valence-corrected chi connectivity index (χ3v) is 5.05. The predicted molar refractivity (Wildman–Crippen MR) is 106 cm³/mol. The molecule has 6 nitrogen and oxygen atoms in total. The fourth-order valence-electron chi connectivity index (χ4n) is 3.60. The molecule has 5 rings (SSSR count). The summed E-state index contributed by atoms with van der Waals surface area (Å²) < 4.78 is 5.55. The van der Waals surface area contributed by atoms with Crippen molar-refractivity contribution in [3.05, 3.63) is 76.9 Å². The average Bonchev–Trinajstić information content (AvgIpc) is 3.14. The van der Waals surface area contributed by atoms with Crippen molar-refractivity contribution in [2.75, 3.05) is 11.1 Å². The Balaban J connectivity index is 1.65. The summed E-state index contributed by atoms with van der Waals surface area (Å²) in [5.41, 5.74) is 10.3. The smallest absolute Gasteiger partial charge is 0.258 e. The molecule has 0 bridgehead atoms. The van der Waals surface area contributed by atoms with Crippen LogP contribution in [-0.4, -0.2) is 16.8 Å². The number of hydrogen-bond acceptors (Lipinski definition) is 5. The van der Waals surface area contributed by atoms with E-state index in [1.54, 1.807) is 30.3 Å². The van der Waals surface area contributed by atoms with E-state index in [9.17, 15) is 9.59 Å². The molecule has 0 radical (unpaired) electrons. The van der Waals surface area contributed by atoms with Gasteiger partial charge in [-0.05, 0) is 36.8 Å². The summed E-state index contributed by atoms with van der Waals surface area (Å²) in [6.45, 7) is 1.88. The van der Waals surface area contributed by atoms with E-state index in [1.165, 1.54) is 0 Å². The summed E-state index contributed by atoms with van der Waals surface area (Å²) in [7, 11) is 0. The number of ketones is 1. The lowest BCUT2D eigenvalue weighted by Crippen LogP contribution is -2.15. The number of benzene rings is 3. The van der Waals surface area contributed by atoms with Gasteiger partial charge >= 0.3 is 0 Å². The molecule has 136 valence electrons. The molecule has 0 aliphatic heterocycles. The topological polar surface area (TPSA) is 98.2 Å². The van der Waals surface area contributed by atoms with Crippen LogP contribution in [0.5, 0.6) is 0 Å². The first-order valence-electron chi connectivity index (χ1n) is 8.78. The van der Waals surface area contributed by atoms with Crippen LogP contribution in [0.15, 0.2) is 59.1 Å². The molecule has 3 aromatic carbocycles. The lowest BCUT2D eigenvalue weighted by molar-refractivity contribution is 0.102. The first-order chi connectivity index (χ1) is 13.5. The van der Waals surface area contributed by atoms with Gasteiger partial charge in [-0.3, -0.25) is 9.59 Å². The lowest BCUT2D eigenvalue weighted by Gasteiger charge is -2.14. The Morgan fingerprint density at radius 1 is 1.04 bits per heavy atom. The van der Waals surface area contributed by atoms with E-state index in [0.29, 0.717) is 50.3 Å². The Labute approximate surface area is 159 Å². The van der Waals surface area contributed by atoms with Crippen molar-refractivity contribution in [2.24, 2.45) is 0 Å². The summed E-state index contributed by atoms with van der Waals surface area (Å²) >= 11 is 0. The third-order valence-electron chi connectivity index (χ3n) is 5.05. The van der Waals surface area contributed by atoms with Crippen molar-refractivity contribution in [2.45, 2.75) is 6.92 Å². The number of nitrogens with two attached hydrogens (primary N) is 1. The highest BCUT2D eigenvalue weighted by atomic mass is 16.5. The fourth-order valence-corrected chi connectivity index (χ4v) is 3.60. The molecule has 6 heteroatoms. The van der Waals surface area contributed by atoms with Gasteiger partial charge in [-0.15, -0.1) is 0 Å². The van der Waals surface area contributed by atoms with E-state index in [-0.39, 0.29) is 11.7 Å². The Morgan fingerprint density at radius 2 is 1.82 bits per heavy atom. The van der Waals surface area contributed by atoms with Gasteiger partial charge in [0, 0.05) is 28.1 Å². The van der Waals surface area contributed by atoms with Crippen molar-refractivity contribution in [1.29, 1.82) is 0 Å². The molecule has 0 saturated carbocycles. The minimum Gasteiger partial charge on any atom is -0.399 e. The van der Waals surface area contributed by atoms with Gasteiger partial charge in [0.1, 0.15) is 5.52 Å². The molecule has 4 aromatic rings. The molecular weight excluding hydrogens is 354 g/mol. The molecule has 3 N–H and O–H groups in total. The minimum absolute atomic E-state index is 0.102. The number of rotatable bonds is 2. The highest BCUT2D eigenvalue weighted by Crippen LogP contribution is 2.40. The summed E-state index contributed by atoms with van der Waals surface area (Å²) in [5.74, 6) is 0.0660. The van der Waals surface area contributed by atoms with Crippen LogP contribution in [-0.2, 0) is 0 Å². The monoisotopic (exact) mass is 369 g/mol. The van der Waals surface area contributed by atoms with Gasteiger partial charge in [-0.1, -0.05) is 35.5 Å². The zero-order valence-corrected chi connectivity index (χ0v) is 14.9. The van der Waals surface area contributed by atoms with Crippen LogP contribution in [0.3, 0.4) is 0 Å². The normalized spacial score (nSPS) is 12.1. The van der Waals surface area contributed by atoms with Crippen LogP contribution in [0.1, 0.15) is 31.8 Å². The van der Waals surface area contributed by atoms with Gasteiger partial charge in [-0.2, -0.15) is 0 Å². The molecule has 0 atom stereocenters. The molecule has 1 aliphatic rings. The maximum Gasteiger partial charge on any atom is 0.258 e. The molecule has 28 heavy (non-hydrogen) atoms. The largest absolute Gasteiger partial charge is 0.399 e. The zero-order valence-electron chi connectivity index (χ0n) is 14.9. The number of nitrogen functional groups attached to an aromatic ring is 1. The highest BCUT2D eigenvalue weighted by Gasteiger charge is 2.30. The van der Waals surface area contributed by atoms with Gasteiger partial charge in [0.15, 0.2) is 11.5 Å². The molecule has 1 aromatic heterocycles. The standard InChI is InChI=1S/C22H15N3O3/c1-11-6-7-12(23)10-17(11)24-22(27)16-9-8-15-18-19(16)25-28-21(18)14-5-3-2-4-13(14)20(15)26/h2-10H,23H2,1H3,(H,24,27). The van der Waals surface area contributed by atoms with Gasteiger partial charge in [0.25, 0.3) is 5.91 Å². The molecule has 0 saturated heterocycles. The maximum atomic E-state index is 12.9. The highest BCUT2D eigenvalue weighted by molar-refractivity contribution is 6.27. The molecule has 1 aliphatic carbocycles. The van der Waals surface area contributed by atoms with Gasteiger partial charge < -0.3 is 15.6 Å². The van der Waals surface area contributed by atoms with Crippen molar-refractivity contribution < 1.29 is 14.1 Å². The quantitative estimate of drug-likeness (QED) is 0.455. The molecule has 0 fully saturated rings. The molecule has 1 amide bonds. The third kappa shape index (κ3) is 2.24. The Bertz CT molecular complexity index is 1300. The fraction of sp³-hybridized carbons (Fsp3) is 0.0455. The first-order valence-corrected chi connectivity index (χ1v) is 8.78. The number of aromatic nitrogens is 1. The van der Waals surface area contributed by atoms with Gasteiger partial charge in [0.05, 0.1) is 10.9 Å². The van der Waals surface area contributed by atoms with Crippen molar-refractivity contribution >= 4 is 34.0 Å². The Morgan fingerprint density at radius 3 is 2.64 bits per heavy atom. The number of hydrogen-bond donors (Lipinski definition) is 2.